The third kappa shape index (κ3) is 7.22. The van der Waals surface area contributed by atoms with E-state index in [1.54, 1.807) is 0 Å². The first-order valence-corrected chi connectivity index (χ1v) is 15.3. The number of aliphatic hydroxyl groups excluding tert-OH is 2. The predicted octanol–water partition coefficient (Wildman–Crippen LogP) is 3.18. The molecule has 6 unspecified atom stereocenters. The van der Waals surface area contributed by atoms with Gasteiger partial charge in [0, 0.05) is 18.5 Å². The lowest BCUT2D eigenvalue weighted by Crippen LogP contribution is -2.48. The second kappa shape index (κ2) is 12.6. The Morgan fingerprint density at radius 1 is 1.06 bits per heavy atom. The minimum atomic E-state index is -3.06. The van der Waals surface area contributed by atoms with Crippen molar-refractivity contribution < 1.29 is 24.1 Å². The van der Waals surface area contributed by atoms with Gasteiger partial charge in [-0.25, -0.2) is 4.72 Å². The number of hydrogen-bond acceptors (Lipinski definition) is 7. The molecule has 6 atom stereocenters. The monoisotopic (exact) mass is 523 g/mol. The van der Waals surface area contributed by atoms with Crippen molar-refractivity contribution in [3.63, 3.8) is 0 Å². The van der Waals surface area contributed by atoms with Gasteiger partial charge in [-0.1, -0.05) is 49.6 Å². The zero-order valence-electron chi connectivity index (χ0n) is 21.2. The van der Waals surface area contributed by atoms with Gasteiger partial charge >= 0.3 is 0 Å². The molecule has 3 saturated carbocycles. The molecule has 0 radical (unpaired) electrons. The summed E-state index contributed by atoms with van der Waals surface area (Å²) in [4.78, 5) is 13.5. The fourth-order valence-electron chi connectivity index (χ4n) is 6.58. The summed E-state index contributed by atoms with van der Waals surface area (Å²) < 4.78 is 24.1. The van der Waals surface area contributed by atoms with E-state index in [-0.39, 0.29) is 36.2 Å². The van der Waals surface area contributed by atoms with Crippen LogP contribution in [0.5, 0.6) is 0 Å². The van der Waals surface area contributed by atoms with Crippen LogP contribution in [0.25, 0.3) is 0 Å². The first-order valence-electron chi connectivity index (χ1n) is 13.7. The number of carbonyl (C=O) groups excluding carboxylic acids is 1. The number of rotatable bonds is 10. The molecule has 0 heterocycles. The molecule has 3 aliphatic carbocycles. The van der Waals surface area contributed by atoms with Crippen molar-refractivity contribution in [3.8, 4) is 0 Å². The van der Waals surface area contributed by atoms with E-state index >= 15 is 0 Å². The van der Waals surface area contributed by atoms with Crippen molar-refractivity contribution in [1.29, 1.82) is 0 Å². The summed E-state index contributed by atoms with van der Waals surface area (Å²) in [7, 11) is -3.06. The number of amides is 1. The van der Waals surface area contributed by atoms with E-state index in [9.17, 15) is 24.1 Å². The van der Waals surface area contributed by atoms with E-state index in [0.29, 0.717) is 31.1 Å². The Morgan fingerprint density at radius 3 is 2.47 bits per heavy atom. The molecule has 1 amide bonds. The topological polar surface area (TPSA) is 148 Å². The second-order valence-corrected chi connectivity index (χ2v) is 13.4. The van der Waals surface area contributed by atoms with Crippen LogP contribution in [0.2, 0.25) is 0 Å². The van der Waals surface area contributed by atoms with Crippen molar-refractivity contribution in [1.82, 2.24) is 10.0 Å². The molecule has 0 aliphatic heterocycles. The molecule has 9 heteroatoms. The van der Waals surface area contributed by atoms with Crippen LogP contribution in [0.4, 0.5) is 0 Å². The molecule has 0 spiro atoms. The van der Waals surface area contributed by atoms with Crippen LogP contribution in [0.3, 0.4) is 0 Å². The lowest BCUT2D eigenvalue weighted by Gasteiger charge is -2.43. The summed E-state index contributed by atoms with van der Waals surface area (Å²) in [5.41, 5.74) is 6.95. The lowest BCUT2D eigenvalue weighted by molar-refractivity contribution is -0.127. The SMILES string of the molecule is NC1CCC(S(O)(O)NCC(O)CC(Cc2ccccc2)C(=O)NC2C(O)CC3CCCCC32)CC1. The molecule has 4 rings (SSSR count). The van der Waals surface area contributed by atoms with E-state index < -0.39 is 28.9 Å². The van der Waals surface area contributed by atoms with Gasteiger partial charge in [-0.3, -0.25) is 13.9 Å². The summed E-state index contributed by atoms with van der Waals surface area (Å²) in [6.07, 6.45) is 7.27. The number of nitrogens with two attached hydrogens (primary N) is 1. The first-order chi connectivity index (χ1) is 17.2. The molecule has 36 heavy (non-hydrogen) atoms. The van der Waals surface area contributed by atoms with Crippen LogP contribution >= 0.6 is 10.8 Å². The van der Waals surface area contributed by atoms with Crippen molar-refractivity contribution in [3.05, 3.63) is 35.9 Å². The van der Waals surface area contributed by atoms with Gasteiger partial charge in [0.2, 0.25) is 5.91 Å². The van der Waals surface area contributed by atoms with Crippen molar-refractivity contribution in [2.75, 3.05) is 6.54 Å². The normalized spacial score (nSPS) is 32.9. The third-order valence-electron chi connectivity index (χ3n) is 8.66. The minimum absolute atomic E-state index is 0.000208. The summed E-state index contributed by atoms with van der Waals surface area (Å²) in [6, 6.07) is 9.61. The molecule has 1 aromatic carbocycles. The predicted molar refractivity (Wildman–Crippen MR) is 143 cm³/mol. The van der Waals surface area contributed by atoms with Crippen molar-refractivity contribution in [2.24, 2.45) is 23.5 Å². The van der Waals surface area contributed by atoms with Crippen molar-refractivity contribution >= 4 is 16.7 Å². The highest BCUT2D eigenvalue weighted by Crippen LogP contribution is 2.46. The fourth-order valence-corrected chi connectivity index (χ4v) is 8.18. The Kier molecular flexibility index (Phi) is 9.71. The van der Waals surface area contributed by atoms with Gasteiger partial charge in [0.1, 0.15) is 0 Å². The maximum Gasteiger partial charge on any atom is 0.223 e. The van der Waals surface area contributed by atoms with Crippen molar-refractivity contribution in [2.45, 2.75) is 100 Å². The van der Waals surface area contributed by atoms with Gasteiger partial charge in [-0.15, -0.1) is 10.8 Å². The van der Waals surface area contributed by atoms with Gasteiger partial charge in [0.05, 0.1) is 23.5 Å². The quantitative estimate of drug-likeness (QED) is 0.249. The molecule has 204 valence electrons. The Balaban J connectivity index is 1.37. The summed E-state index contributed by atoms with van der Waals surface area (Å²) >= 11 is 0. The maximum atomic E-state index is 13.5. The van der Waals surface area contributed by atoms with Crippen LogP contribution in [0.1, 0.15) is 69.8 Å². The number of carbonyl (C=O) groups is 1. The highest BCUT2D eigenvalue weighted by Gasteiger charge is 2.44. The maximum absolute atomic E-state index is 13.5. The Labute approximate surface area is 216 Å². The zero-order valence-corrected chi connectivity index (χ0v) is 22.0. The molecule has 0 bridgehead atoms. The van der Waals surface area contributed by atoms with Gasteiger partial charge in [-0.05, 0) is 68.8 Å². The summed E-state index contributed by atoms with van der Waals surface area (Å²) in [5, 5.41) is 24.4. The molecule has 3 aliphatic rings. The lowest BCUT2D eigenvalue weighted by atomic mass is 9.80. The number of benzene rings is 1. The Bertz CT molecular complexity index is 836. The largest absolute Gasteiger partial charge is 0.392 e. The average Bonchev–Trinajstić information content (AvgIpc) is 3.18. The van der Waals surface area contributed by atoms with Gasteiger partial charge in [-0.2, -0.15) is 0 Å². The zero-order chi connectivity index (χ0) is 25.7. The highest BCUT2D eigenvalue weighted by atomic mass is 32.3. The number of hydrogen-bond donors (Lipinski definition) is 7. The number of fused-ring (bicyclic) bond motifs is 1. The molecule has 1 aromatic rings. The second-order valence-electron chi connectivity index (χ2n) is 11.3. The number of aliphatic hydroxyl groups is 2. The Morgan fingerprint density at radius 2 is 1.75 bits per heavy atom. The molecule has 0 saturated heterocycles. The Hall–Kier alpha value is -1.20. The number of nitrogens with one attached hydrogen (secondary N) is 2. The molecule has 8 nitrogen and oxygen atoms in total. The van der Waals surface area contributed by atoms with E-state index in [1.165, 1.54) is 6.42 Å². The van der Waals surface area contributed by atoms with Gasteiger partial charge in [0.25, 0.3) is 0 Å². The van der Waals surface area contributed by atoms with E-state index in [0.717, 1.165) is 44.1 Å². The molecule has 3 fully saturated rings. The van der Waals surface area contributed by atoms with E-state index in [1.807, 2.05) is 30.3 Å². The minimum Gasteiger partial charge on any atom is -0.392 e. The fraction of sp³-hybridized carbons (Fsp3) is 0.741. The summed E-state index contributed by atoms with van der Waals surface area (Å²) in [6.45, 7) is 0.000208. The van der Waals surface area contributed by atoms with E-state index in [4.69, 9.17) is 5.73 Å². The van der Waals surface area contributed by atoms with Crippen LogP contribution in [0, 0.1) is 17.8 Å². The van der Waals surface area contributed by atoms with Crippen LogP contribution < -0.4 is 15.8 Å². The standard InChI is InChI=1S/C27H45N3O5S/c28-21-10-12-23(13-11-21)36(34,35)29-17-22(31)15-20(14-18-6-2-1-3-7-18)27(33)30-26-24-9-5-4-8-19(24)16-25(26)32/h1-3,6-7,19-26,29,31-32,34-35H,4-5,8-17,28H2,(H,30,33). The first kappa shape index (κ1) is 27.8. The average molecular weight is 524 g/mol. The molecular formula is C27H45N3O5S. The van der Waals surface area contributed by atoms with Crippen LogP contribution in [-0.2, 0) is 11.2 Å². The summed E-state index contributed by atoms with van der Waals surface area (Å²) in [5.74, 6) is 0.147. The molecule has 8 N–H and O–H groups in total. The van der Waals surface area contributed by atoms with Crippen LogP contribution in [-0.4, -0.2) is 61.3 Å². The molecule has 0 aromatic heterocycles. The van der Waals surface area contributed by atoms with Gasteiger partial charge < -0.3 is 21.3 Å². The highest BCUT2D eigenvalue weighted by molar-refractivity contribution is 8.23. The third-order valence-corrected chi connectivity index (χ3v) is 10.7. The molecular weight excluding hydrogens is 478 g/mol. The van der Waals surface area contributed by atoms with E-state index in [2.05, 4.69) is 10.0 Å². The van der Waals surface area contributed by atoms with Crippen LogP contribution in [0.15, 0.2) is 30.3 Å². The smallest absolute Gasteiger partial charge is 0.223 e. The van der Waals surface area contributed by atoms with Gasteiger partial charge in [0.15, 0.2) is 0 Å².